The van der Waals surface area contributed by atoms with E-state index < -0.39 is 0 Å². The fourth-order valence-electron chi connectivity index (χ4n) is 4.58. The molecule has 0 fully saturated rings. The number of rotatable bonds is 4. The number of nitrogens with zero attached hydrogens (tertiary/aromatic N) is 1. The number of carbonyl (C=O) groups excluding carboxylic acids is 2. The van der Waals surface area contributed by atoms with Gasteiger partial charge in [0.1, 0.15) is 14.7 Å². The molecule has 0 aromatic carbocycles. The number of hydrogen-bond donors (Lipinski definition) is 2. The zero-order chi connectivity index (χ0) is 21.5. The summed E-state index contributed by atoms with van der Waals surface area (Å²) in [6, 6.07) is 2.09. The van der Waals surface area contributed by atoms with Gasteiger partial charge in [-0.05, 0) is 69.1 Å². The average molecular weight is 456 g/mol. The van der Waals surface area contributed by atoms with E-state index in [0.717, 1.165) is 72.8 Å². The molecule has 31 heavy (non-hydrogen) atoms. The first kappa shape index (κ1) is 20.5. The van der Waals surface area contributed by atoms with Crippen LogP contribution in [0.5, 0.6) is 0 Å². The number of anilines is 2. The van der Waals surface area contributed by atoms with Gasteiger partial charge in [-0.1, -0.05) is 6.42 Å². The third-order valence-electron chi connectivity index (χ3n) is 6.08. The van der Waals surface area contributed by atoms with Crippen LogP contribution in [0.25, 0.3) is 10.2 Å². The van der Waals surface area contributed by atoms with E-state index in [1.807, 2.05) is 0 Å². The van der Waals surface area contributed by atoms with Crippen molar-refractivity contribution in [3.05, 3.63) is 38.2 Å². The van der Waals surface area contributed by atoms with Crippen molar-refractivity contribution in [3.8, 4) is 0 Å². The Labute approximate surface area is 188 Å². The zero-order valence-electron chi connectivity index (χ0n) is 17.5. The molecule has 8 heteroatoms. The maximum absolute atomic E-state index is 13.2. The maximum Gasteiger partial charge on any atom is 0.341 e. The molecule has 2 aliphatic carbocycles. The monoisotopic (exact) mass is 455 g/mol. The molecule has 5 rings (SSSR count). The number of nitrogen functional groups attached to an aromatic ring is 1. The van der Waals surface area contributed by atoms with Crippen molar-refractivity contribution in [1.82, 2.24) is 4.98 Å². The number of ether oxygens (including phenoxy) is 1. The molecule has 3 N–H and O–H groups in total. The molecule has 3 heterocycles. The van der Waals surface area contributed by atoms with E-state index in [4.69, 9.17) is 15.5 Å². The highest BCUT2D eigenvalue weighted by molar-refractivity contribution is 7.21. The lowest BCUT2D eigenvalue weighted by atomic mass is 10.1. The second kappa shape index (κ2) is 8.24. The molecule has 0 saturated carbocycles. The predicted octanol–water partition coefficient (Wildman–Crippen LogP) is 5.13. The standard InChI is InChI=1S/C23H25N3O3S2/c1-2-29-23(28)17-13-8-4-3-5-10-16(13)30-22(17)26-20(27)19-18(24)14-11-12-7-6-9-15(12)25-21(14)31-19/h11H,2-10,24H2,1H3,(H,26,27). The summed E-state index contributed by atoms with van der Waals surface area (Å²) < 4.78 is 5.32. The van der Waals surface area contributed by atoms with Gasteiger partial charge in [0, 0.05) is 16.0 Å². The molecule has 0 atom stereocenters. The highest BCUT2D eigenvalue weighted by Gasteiger charge is 2.28. The summed E-state index contributed by atoms with van der Waals surface area (Å²) in [6.45, 7) is 2.10. The molecular formula is C23H25N3O3S2. The number of carbonyl (C=O) groups is 2. The number of pyridine rings is 1. The summed E-state index contributed by atoms with van der Waals surface area (Å²) in [5.41, 5.74) is 10.8. The van der Waals surface area contributed by atoms with Crippen LogP contribution in [0.3, 0.4) is 0 Å². The van der Waals surface area contributed by atoms with E-state index in [0.29, 0.717) is 27.7 Å². The van der Waals surface area contributed by atoms with Crippen molar-refractivity contribution >= 4 is 55.5 Å². The van der Waals surface area contributed by atoms with Crippen LogP contribution in [0.15, 0.2) is 6.07 Å². The minimum absolute atomic E-state index is 0.289. The van der Waals surface area contributed by atoms with Gasteiger partial charge in [-0.15, -0.1) is 22.7 Å². The van der Waals surface area contributed by atoms with Crippen LogP contribution >= 0.6 is 22.7 Å². The molecule has 3 aromatic heterocycles. The van der Waals surface area contributed by atoms with Crippen LogP contribution in [-0.4, -0.2) is 23.5 Å². The first-order valence-corrected chi connectivity index (χ1v) is 12.5. The van der Waals surface area contributed by atoms with E-state index in [2.05, 4.69) is 11.4 Å². The minimum Gasteiger partial charge on any atom is -0.462 e. The van der Waals surface area contributed by atoms with Crippen molar-refractivity contribution in [3.63, 3.8) is 0 Å². The first-order chi connectivity index (χ1) is 15.1. The number of thiophene rings is 2. The fourth-order valence-corrected chi connectivity index (χ4v) is 6.84. The lowest BCUT2D eigenvalue weighted by Crippen LogP contribution is -2.15. The molecule has 0 bridgehead atoms. The Morgan fingerprint density at radius 2 is 1.97 bits per heavy atom. The second-order valence-corrected chi connectivity index (χ2v) is 10.2. The summed E-state index contributed by atoms with van der Waals surface area (Å²) in [4.78, 5) is 33.1. The summed E-state index contributed by atoms with van der Waals surface area (Å²) >= 11 is 2.82. The number of nitrogens with one attached hydrogen (secondary N) is 1. The Bertz CT molecular complexity index is 1190. The van der Waals surface area contributed by atoms with E-state index >= 15 is 0 Å². The number of fused-ring (bicyclic) bond motifs is 3. The number of amides is 1. The Hall–Kier alpha value is -2.45. The van der Waals surface area contributed by atoms with Gasteiger partial charge in [0.25, 0.3) is 5.91 Å². The number of esters is 1. The van der Waals surface area contributed by atoms with Crippen LogP contribution in [0, 0.1) is 0 Å². The van der Waals surface area contributed by atoms with E-state index in [1.165, 1.54) is 33.1 Å². The van der Waals surface area contributed by atoms with Crippen LogP contribution in [0.1, 0.15) is 74.3 Å². The molecule has 0 saturated heterocycles. The minimum atomic E-state index is -0.361. The van der Waals surface area contributed by atoms with E-state index in [9.17, 15) is 9.59 Å². The number of aromatic nitrogens is 1. The molecule has 1 amide bonds. The van der Waals surface area contributed by atoms with Crippen LogP contribution in [0.2, 0.25) is 0 Å². The molecule has 0 aliphatic heterocycles. The number of aryl methyl sites for hydroxylation is 3. The average Bonchev–Trinajstić information content (AvgIpc) is 3.38. The van der Waals surface area contributed by atoms with Crippen LogP contribution < -0.4 is 11.1 Å². The molecule has 3 aromatic rings. The van der Waals surface area contributed by atoms with E-state index in [1.54, 1.807) is 6.92 Å². The van der Waals surface area contributed by atoms with Gasteiger partial charge in [-0.2, -0.15) is 0 Å². The summed E-state index contributed by atoms with van der Waals surface area (Å²) in [7, 11) is 0. The van der Waals surface area contributed by atoms with Crippen LogP contribution in [-0.2, 0) is 30.4 Å². The highest BCUT2D eigenvalue weighted by atomic mass is 32.1. The van der Waals surface area contributed by atoms with Gasteiger partial charge in [-0.3, -0.25) is 4.79 Å². The van der Waals surface area contributed by atoms with Crippen molar-refractivity contribution < 1.29 is 14.3 Å². The Morgan fingerprint density at radius 1 is 1.13 bits per heavy atom. The molecule has 0 radical (unpaired) electrons. The normalized spacial score (nSPS) is 15.4. The van der Waals surface area contributed by atoms with Crippen LogP contribution in [0.4, 0.5) is 10.7 Å². The summed E-state index contributed by atoms with van der Waals surface area (Å²) in [5.74, 6) is -0.651. The second-order valence-electron chi connectivity index (χ2n) is 8.09. The lowest BCUT2D eigenvalue weighted by molar-refractivity contribution is 0.0527. The van der Waals surface area contributed by atoms with Gasteiger partial charge >= 0.3 is 5.97 Å². The largest absolute Gasteiger partial charge is 0.462 e. The van der Waals surface area contributed by atoms with Crippen molar-refractivity contribution in [2.45, 2.75) is 58.3 Å². The number of hydrogen-bond acceptors (Lipinski definition) is 7. The molecule has 162 valence electrons. The first-order valence-electron chi connectivity index (χ1n) is 10.9. The topological polar surface area (TPSA) is 94.3 Å². The quantitative estimate of drug-likeness (QED) is 0.420. The predicted molar refractivity (Wildman–Crippen MR) is 126 cm³/mol. The van der Waals surface area contributed by atoms with E-state index in [-0.39, 0.29) is 11.9 Å². The molecule has 2 aliphatic rings. The van der Waals surface area contributed by atoms with Crippen molar-refractivity contribution in [1.29, 1.82) is 0 Å². The maximum atomic E-state index is 13.2. The third-order valence-corrected chi connectivity index (χ3v) is 8.40. The Balaban J connectivity index is 1.50. The van der Waals surface area contributed by atoms with Gasteiger partial charge < -0.3 is 15.8 Å². The highest BCUT2D eigenvalue weighted by Crippen LogP contribution is 2.40. The lowest BCUT2D eigenvalue weighted by Gasteiger charge is -2.08. The zero-order valence-corrected chi connectivity index (χ0v) is 19.1. The molecular weight excluding hydrogens is 430 g/mol. The molecule has 0 unspecified atom stereocenters. The Kier molecular flexibility index (Phi) is 5.44. The summed E-state index contributed by atoms with van der Waals surface area (Å²) in [6.07, 6.45) is 8.19. The van der Waals surface area contributed by atoms with Gasteiger partial charge in [0.2, 0.25) is 0 Å². The number of nitrogens with two attached hydrogens (primary N) is 1. The summed E-state index contributed by atoms with van der Waals surface area (Å²) in [5, 5.41) is 4.41. The SMILES string of the molecule is CCOC(=O)c1c(NC(=O)c2sc3nc4c(cc3c2N)CCC4)sc2c1CCCCC2. The van der Waals surface area contributed by atoms with Gasteiger partial charge in [0.05, 0.1) is 17.9 Å². The Morgan fingerprint density at radius 3 is 2.81 bits per heavy atom. The van der Waals surface area contributed by atoms with Gasteiger partial charge in [-0.25, -0.2) is 9.78 Å². The van der Waals surface area contributed by atoms with Gasteiger partial charge in [0.15, 0.2) is 0 Å². The molecule has 0 spiro atoms. The fraction of sp³-hybridized carbons (Fsp3) is 0.435. The smallest absolute Gasteiger partial charge is 0.341 e. The molecule has 6 nitrogen and oxygen atoms in total. The van der Waals surface area contributed by atoms with Crippen molar-refractivity contribution in [2.75, 3.05) is 17.7 Å². The van der Waals surface area contributed by atoms with Crippen molar-refractivity contribution in [2.24, 2.45) is 0 Å². The third kappa shape index (κ3) is 3.61.